The van der Waals surface area contributed by atoms with Gasteiger partial charge in [-0.15, -0.1) is 0 Å². The van der Waals surface area contributed by atoms with Gasteiger partial charge >= 0.3 is 0 Å². The molecule has 0 aliphatic carbocycles. The first kappa shape index (κ1) is 10.4. The topological polar surface area (TPSA) is 24.1 Å². The molecule has 0 spiro atoms. The molecule has 0 saturated heterocycles. The van der Waals surface area contributed by atoms with Crippen LogP contribution in [0.4, 0.5) is 5.69 Å². The lowest BCUT2D eigenvalue weighted by Gasteiger charge is -2.10. The summed E-state index contributed by atoms with van der Waals surface area (Å²) in [5.74, 6) is 0. The SMILES string of the molecule is c1ccc(CNc2cccc3c2CNC3)cc1. The van der Waals surface area contributed by atoms with Crippen LogP contribution in [0.5, 0.6) is 0 Å². The molecule has 1 heterocycles. The third-order valence-electron chi connectivity index (χ3n) is 3.22. The molecule has 0 fully saturated rings. The molecule has 2 aromatic carbocycles. The Kier molecular flexibility index (Phi) is 2.80. The molecule has 1 aliphatic heterocycles. The number of benzene rings is 2. The van der Waals surface area contributed by atoms with Crippen LogP contribution < -0.4 is 10.6 Å². The Morgan fingerprint density at radius 2 is 1.82 bits per heavy atom. The molecule has 1 aliphatic rings. The van der Waals surface area contributed by atoms with Crippen molar-refractivity contribution in [1.29, 1.82) is 0 Å². The van der Waals surface area contributed by atoms with Crippen molar-refractivity contribution in [3.63, 3.8) is 0 Å². The summed E-state index contributed by atoms with van der Waals surface area (Å²) in [5.41, 5.74) is 5.42. The monoisotopic (exact) mass is 224 g/mol. The predicted octanol–water partition coefficient (Wildman–Crippen LogP) is 2.90. The quantitative estimate of drug-likeness (QED) is 0.837. The lowest BCUT2D eigenvalue weighted by atomic mass is 10.1. The Balaban J connectivity index is 1.76. The van der Waals surface area contributed by atoms with Crippen LogP contribution in [0.3, 0.4) is 0 Å². The molecule has 2 heteroatoms. The van der Waals surface area contributed by atoms with Crippen molar-refractivity contribution in [2.45, 2.75) is 19.6 Å². The summed E-state index contributed by atoms with van der Waals surface area (Å²) in [4.78, 5) is 0. The van der Waals surface area contributed by atoms with Crippen molar-refractivity contribution in [3.05, 3.63) is 65.2 Å². The molecule has 0 aromatic heterocycles. The van der Waals surface area contributed by atoms with Gasteiger partial charge in [-0.1, -0.05) is 42.5 Å². The van der Waals surface area contributed by atoms with Crippen LogP contribution in [-0.4, -0.2) is 0 Å². The molecule has 0 saturated carbocycles. The van der Waals surface area contributed by atoms with Gasteiger partial charge in [-0.25, -0.2) is 0 Å². The van der Waals surface area contributed by atoms with Gasteiger partial charge in [-0.05, 0) is 22.8 Å². The van der Waals surface area contributed by atoms with E-state index in [1.165, 1.54) is 22.4 Å². The standard InChI is InChI=1S/C15H16N2/c1-2-5-12(6-3-1)9-17-15-8-4-7-13-10-16-11-14(13)15/h1-8,16-17H,9-11H2. The molecule has 0 atom stereocenters. The molecule has 0 bridgehead atoms. The van der Waals surface area contributed by atoms with E-state index >= 15 is 0 Å². The minimum absolute atomic E-state index is 0.886. The third kappa shape index (κ3) is 2.17. The summed E-state index contributed by atoms with van der Waals surface area (Å²) in [6.07, 6.45) is 0. The van der Waals surface area contributed by atoms with Gasteiger partial charge in [0.25, 0.3) is 0 Å². The van der Waals surface area contributed by atoms with Crippen molar-refractivity contribution < 1.29 is 0 Å². The second-order valence-corrected chi connectivity index (χ2v) is 4.39. The minimum Gasteiger partial charge on any atom is -0.381 e. The number of hydrogen-bond donors (Lipinski definition) is 2. The first-order valence-electron chi connectivity index (χ1n) is 6.03. The van der Waals surface area contributed by atoms with E-state index in [0.29, 0.717) is 0 Å². The zero-order chi connectivity index (χ0) is 11.5. The normalized spacial score (nSPS) is 13.4. The fraction of sp³-hybridized carbons (Fsp3) is 0.200. The Morgan fingerprint density at radius 3 is 2.71 bits per heavy atom. The molecule has 86 valence electrons. The average Bonchev–Trinajstić information content (AvgIpc) is 2.86. The minimum atomic E-state index is 0.886. The maximum absolute atomic E-state index is 3.52. The van der Waals surface area contributed by atoms with Crippen LogP contribution in [0.2, 0.25) is 0 Å². The molecule has 0 radical (unpaired) electrons. The van der Waals surface area contributed by atoms with E-state index in [1.807, 2.05) is 6.07 Å². The zero-order valence-electron chi connectivity index (χ0n) is 9.74. The molecule has 2 N–H and O–H groups in total. The zero-order valence-corrected chi connectivity index (χ0v) is 9.74. The Morgan fingerprint density at radius 1 is 0.941 bits per heavy atom. The molecule has 17 heavy (non-hydrogen) atoms. The van der Waals surface area contributed by atoms with Crippen LogP contribution >= 0.6 is 0 Å². The van der Waals surface area contributed by atoms with Gasteiger partial charge in [0.2, 0.25) is 0 Å². The van der Waals surface area contributed by atoms with Crippen molar-refractivity contribution >= 4 is 5.69 Å². The summed E-state index contributed by atoms with van der Waals surface area (Å²) in [6.45, 7) is 2.86. The highest BCUT2D eigenvalue weighted by Crippen LogP contribution is 2.24. The highest BCUT2D eigenvalue weighted by atomic mass is 14.9. The van der Waals surface area contributed by atoms with Gasteiger partial charge in [0.15, 0.2) is 0 Å². The van der Waals surface area contributed by atoms with Gasteiger partial charge in [0.1, 0.15) is 0 Å². The van der Waals surface area contributed by atoms with E-state index < -0.39 is 0 Å². The molecule has 0 amide bonds. The molecule has 2 nitrogen and oxygen atoms in total. The largest absolute Gasteiger partial charge is 0.381 e. The van der Waals surface area contributed by atoms with Crippen LogP contribution in [-0.2, 0) is 19.6 Å². The lowest BCUT2D eigenvalue weighted by molar-refractivity contribution is 0.765. The van der Waals surface area contributed by atoms with E-state index in [4.69, 9.17) is 0 Å². The maximum Gasteiger partial charge on any atom is 0.0400 e. The van der Waals surface area contributed by atoms with Crippen LogP contribution in [0.1, 0.15) is 16.7 Å². The Bertz CT molecular complexity index is 506. The summed E-state index contributed by atoms with van der Waals surface area (Å²) < 4.78 is 0. The number of hydrogen-bond acceptors (Lipinski definition) is 2. The van der Waals surface area contributed by atoms with E-state index in [9.17, 15) is 0 Å². The fourth-order valence-electron chi connectivity index (χ4n) is 2.29. The summed E-state index contributed by atoms with van der Waals surface area (Å²) in [5, 5.41) is 6.91. The smallest absolute Gasteiger partial charge is 0.0400 e. The predicted molar refractivity (Wildman–Crippen MR) is 70.8 cm³/mol. The molecular weight excluding hydrogens is 208 g/mol. The number of rotatable bonds is 3. The van der Waals surface area contributed by atoms with Crippen molar-refractivity contribution in [1.82, 2.24) is 5.32 Å². The van der Waals surface area contributed by atoms with E-state index in [2.05, 4.69) is 53.1 Å². The van der Waals surface area contributed by atoms with Crippen LogP contribution in [0, 0.1) is 0 Å². The highest BCUT2D eigenvalue weighted by molar-refractivity contribution is 5.56. The summed E-state index contributed by atoms with van der Waals surface area (Å²) in [6, 6.07) is 17.0. The number of nitrogens with one attached hydrogen (secondary N) is 2. The van der Waals surface area contributed by atoms with E-state index in [1.54, 1.807) is 0 Å². The van der Waals surface area contributed by atoms with Crippen molar-refractivity contribution in [3.8, 4) is 0 Å². The number of fused-ring (bicyclic) bond motifs is 1. The maximum atomic E-state index is 3.52. The third-order valence-corrected chi connectivity index (χ3v) is 3.22. The van der Waals surface area contributed by atoms with Crippen molar-refractivity contribution in [2.24, 2.45) is 0 Å². The average molecular weight is 224 g/mol. The van der Waals surface area contributed by atoms with Gasteiger partial charge < -0.3 is 10.6 Å². The van der Waals surface area contributed by atoms with E-state index in [-0.39, 0.29) is 0 Å². The highest BCUT2D eigenvalue weighted by Gasteiger charge is 2.12. The molecular formula is C15H16N2. The summed E-state index contributed by atoms with van der Waals surface area (Å²) >= 11 is 0. The van der Waals surface area contributed by atoms with Crippen LogP contribution in [0.15, 0.2) is 48.5 Å². The second-order valence-electron chi connectivity index (χ2n) is 4.39. The van der Waals surface area contributed by atoms with Crippen LogP contribution in [0.25, 0.3) is 0 Å². The van der Waals surface area contributed by atoms with E-state index in [0.717, 1.165) is 19.6 Å². The van der Waals surface area contributed by atoms with Gasteiger partial charge in [0.05, 0.1) is 0 Å². The first-order valence-corrected chi connectivity index (χ1v) is 6.03. The van der Waals surface area contributed by atoms with Gasteiger partial charge in [0, 0.05) is 25.3 Å². The van der Waals surface area contributed by atoms with Gasteiger partial charge in [-0.2, -0.15) is 0 Å². The number of anilines is 1. The molecule has 3 rings (SSSR count). The summed E-state index contributed by atoms with van der Waals surface area (Å²) in [7, 11) is 0. The second kappa shape index (κ2) is 4.60. The fourth-order valence-corrected chi connectivity index (χ4v) is 2.29. The molecule has 0 unspecified atom stereocenters. The first-order chi connectivity index (χ1) is 8.43. The Hall–Kier alpha value is -1.80. The molecule has 2 aromatic rings. The Labute approximate surface area is 102 Å². The van der Waals surface area contributed by atoms with Gasteiger partial charge in [-0.3, -0.25) is 0 Å². The van der Waals surface area contributed by atoms with Crippen molar-refractivity contribution in [2.75, 3.05) is 5.32 Å². The lowest BCUT2D eigenvalue weighted by Crippen LogP contribution is -2.03.